The molecule has 9 heteroatoms. The first-order valence-electron chi connectivity index (χ1n) is 9.80. The largest absolute Gasteiger partial charge is 0.493 e. The van der Waals surface area contributed by atoms with Gasteiger partial charge in [0.05, 0.1) is 19.0 Å². The second-order valence-electron chi connectivity index (χ2n) is 7.22. The maximum Gasteiger partial charge on any atom is 0.276 e. The van der Waals surface area contributed by atoms with Gasteiger partial charge < -0.3 is 14.6 Å². The minimum absolute atomic E-state index is 0.00616. The molecule has 1 N–H and O–H groups in total. The molecule has 0 aliphatic carbocycles. The number of benzene rings is 1. The van der Waals surface area contributed by atoms with E-state index in [-0.39, 0.29) is 11.6 Å². The summed E-state index contributed by atoms with van der Waals surface area (Å²) in [5, 5.41) is 11.4. The van der Waals surface area contributed by atoms with Crippen molar-refractivity contribution in [2.24, 2.45) is 5.92 Å². The lowest BCUT2D eigenvalue weighted by atomic mass is 10.0. The lowest BCUT2D eigenvalue weighted by Gasteiger charge is -2.18. The molecule has 1 amide bonds. The summed E-state index contributed by atoms with van der Waals surface area (Å²) < 4.78 is 12.4. The Morgan fingerprint density at radius 1 is 1.16 bits per heavy atom. The Morgan fingerprint density at radius 3 is 2.65 bits per heavy atom. The molecule has 0 saturated carbocycles. The van der Waals surface area contributed by atoms with Crippen LogP contribution in [0.25, 0.3) is 17.1 Å². The van der Waals surface area contributed by atoms with Gasteiger partial charge in [0.15, 0.2) is 11.4 Å². The molecule has 0 spiro atoms. The maximum atomic E-state index is 13.1. The third-order valence-corrected chi connectivity index (χ3v) is 4.72. The number of nitrogens with one attached hydrogen (secondary N) is 1. The molecule has 0 aliphatic heterocycles. The van der Waals surface area contributed by atoms with Crippen LogP contribution in [0.2, 0.25) is 0 Å². The molecule has 9 nitrogen and oxygen atoms in total. The number of pyridine rings is 1. The van der Waals surface area contributed by atoms with Crippen molar-refractivity contribution in [1.82, 2.24) is 30.2 Å². The Balaban J connectivity index is 1.59. The van der Waals surface area contributed by atoms with Crippen LogP contribution in [-0.2, 0) is 0 Å². The van der Waals surface area contributed by atoms with Gasteiger partial charge in [-0.3, -0.25) is 9.78 Å². The highest BCUT2D eigenvalue weighted by molar-refractivity contribution is 5.95. The van der Waals surface area contributed by atoms with Crippen molar-refractivity contribution >= 4 is 5.91 Å². The molecule has 4 rings (SSSR count). The molecule has 3 heterocycles. The highest BCUT2D eigenvalue weighted by Crippen LogP contribution is 2.25. The molecule has 4 aromatic rings. The summed E-state index contributed by atoms with van der Waals surface area (Å²) in [6.07, 6.45) is 4.99. The summed E-state index contributed by atoms with van der Waals surface area (Å²) in [5.41, 5.74) is 1.72. The predicted octanol–water partition coefficient (Wildman–Crippen LogP) is 3.45. The van der Waals surface area contributed by atoms with E-state index in [4.69, 9.17) is 9.26 Å². The number of para-hydroxylation sites is 1. The number of carbonyl (C=O) groups is 1. The quantitative estimate of drug-likeness (QED) is 0.490. The number of carbonyl (C=O) groups excluding carboxylic acids is 1. The molecule has 0 radical (unpaired) electrons. The first-order chi connectivity index (χ1) is 15.1. The standard InChI is InChI=1S/C22H22N6O3/c1-14(2)18(22-25-20(27-31-22)15-8-7-11-23-12-15)24-21(29)19-17(30-3)13-28(26-19)16-9-5-4-6-10-16/h4-14,18H,1-3H3,(H,24,29). The minimum Gasteiger partial charge on any atom is -0.493 e. The summed E-state index contributed by atoms with van der Waals surface area (Å²) in [6.45, 7) is 3.91. The maximum absolute atomic E-state index is 13.1. The van der Waals surface area contributed by atoms with E-state index in [1.165, 1.54) is 7.11 Å². The number of hydrogen-bond acceptors (Lipinski definition) is 7. The fourth-order valence-electron chi connectivity index (χ4n) is 3.07. The van der Waals surface area contributed by atoms with Gasteiger partial charge in [-0.05, 0) is 30.2 Å². The number of hydrogen-bond donors (Lipinski definition) is 1. The predicted molar refractivity (Wildman–Crippen MR) is 113 cm³/mol. The fourth-order valence-corrected chi connectivity index (χ4v) is 3.07. The molecule has 31 heavy (non-hydrogen) atoms. The van der Waals surface area contributed by atoms with Gasteiger partial charge in [-0.2, -0.15) is 10.1 Å². The number of ether oxygens (including phenoxy) is 1. The van der Waals surface area contributed by atoms with Gasteiger partial charge in [-0.25, -0.2) is 4.68 Å². The third-order valence-electron chi connectivity index (χ3n) is 4.72. The first-order valence-corrected chi connectivity index (χ1v) is 9.80. The zero-order valence-electron chi connectivity index (χ0n) is 17.4. The SMILES string of the molecule is COc1cn(-c2ccccc2)nc1C(=O)NC(c1nc(-c2cccnc2)no1)C(C)C. The van der Waals surface area contributed by atoms with Crippen molar-refractivity contribution in [3.63, 3.8) is 0 Å². The first kappa shape index (κ1) is 20.3. The topological polar surface area (TPSA) is 108 Å². The summed E-state index contributed by atoms with van der Waals surface area (Å²) in [4.78, 5) is 21.6. The average molecular weight is 418 g/mol. The van der Waals surface area contributed by atoms with Crippen molar-refractivity contribution in [3.05, 3.63) is 72.6 Å². The molecule has 1 aromatic carbocycles. The Kier molecular flexibility index (Phi) is 5.74. The number of rotatable bonds is 7. The number of methoxy groups -OCH3 is 1. The third kappa shape index (κ3) is 4.30. The number of nitrogens with zero attached hydrogens (tertiary/aromatic N) is 5. The van der Waals surface area contributed by atoms with E-state index in [0.29, 0.717) is 17.5 Å². The van der Waals surface area contributed by atoms with Gasteiger partial charge in [0.1, 0.15) is 6.04 Å². The zero-order chi connectivity index (χ0) is 21.8. The Hall–Kier alpha value is -4.01. The molecular formula is C22H22N6O3. The highest BCUT2D eigenvalue weighted by atomic mass is 16.5. The number of aromatic nitrogens is 5. The van der Waals surface area contributed by atoms with E-state index >= 15 is 0 Å². The summed E-state index contributed by atoms with van der Waals surface area (Å²) in [5.74, 6) is 0.683. The highest BCUT2D eigenvalue weighted by Gasteiger charge is 2.28. The smallest absolute Gasteiger partial charge is 0.276 e. The molecule has 0 saturated heterocycles. The summed E-state index contributed by atoms with van der Waals surface area (Å²) in [7, 11) is 1.50. The summed E-state index contributed by atoms with van der Waals surface area (Å²) >= 11 is 0. The second-order valence-corrected chi connectivity index (χ2v) is 7.22. The van der Waals surface area contributed by atoms with E-state index in [1.807, 2.05) is 50.2 Å². The van der Waals surface area contributed by atoms with Gasteiger partial charge in [0, 0.05) is 18.0 Å². The van der Waals surface area contributed by atoms with Gasteiger partial charge in [0.25, 0.3) is 5.91 Å². The minimum atomic E-state index is -0.503. The second kappa shape index (κ2) is 8.78. The van der Waals surface area contributed by atoms with Crippen molar-refractivity contribution in [2.75, 3.05) is 7.11 Å². The molecular weight excluding hydrogens is 396 g/mol. The van der Waals surface area contributed by atoms with Crippen LogP contribution in [0.15, 0.2) is 65.6 Å². The van der Waals surface area contributed by atoms with Crippen LogP contribution in [0.1, 0.15) is 36.3 Å². The van der Waals surface area contributed by atoms with Gasteiger partial charge in [-0.15, -0.1) is 0 Å². The Bertz CT molecular complexity index is 1150. The van der Waals surface area contributed by atoms with E-state index in [0.717, 1.165) is 11.3 Å². The van der Waals surface area contributed by atoms with Crippen LogP contribution in [0.4, 0.5) is 0 Å². The van der Waals surface area contributed by atoms with Crippen LogP contribution in [0, 0.1) is 5.92 Å². The Morgan fingerprint density at radius 2 is 1.97 bits per heavy atom. The Labute approximate surface area is 179 Å². The lowest BCUT2D eigenvalue weighted by Crippen LogP contribution is -2.32. The van der Waals surface area contributed by atoms with Crippen LogP contribution >= 0.6 is 0 Å². The van der Waals surface area contributed by atoms with Crippen molar-refractivity contribution in [1.29, 1.82) is 0 Å². The molecule has 0 fully saturated rings. The molecule has 0 bridgehead atoms. The molecule has 3 aromatic heterocycles. The van der Waals surface area contributed by atoms with Gasteiger partial charge in [-0.1, -0.05) is 37.2 Å². The molecule has 1 atom stereocenters. The van der Waals surface area contributed by atoms with Crippen molar-refractivity contribution in [2.45, 2.75) is 19.9 Å². The van der Waals surface area contributed by atoms with Gasteiger partial charge >= 0.3 is 0 Å². The fraction of sp³-hybridized carbons (Fsp3) is 0.227. The van der Waals surface area contributed by atoms with Crippen LogP contribution in [0.5, 0.6) is 5.75 Å². The van der Waals surface area contributed by atoms with E-state index in [2.05, 4.69) is 25.5 Å². The van der Waals surface area contributed by atoms with Crippen LogP contribution in [0.3, 0.4) is 0 Å². The van der Waals surface area contributed by atoms with E-state index in [1.54, 1.807) is 29.3 Å². The van der Waals surface area contributed by atoms with E-state index in [9.17, 15) is 4.79 Å². The van der Waals surface area contributed by atoms with Crippen molar-refractivity contribution in [3.8, 4) is 22.8 Å². The lowest BCUT2D eigenvalue weighted by molar-refractivity contribution is 0.0905. The molecule has 1 unspecified atom stereocenters. The molecule has 158 valence electrons. The number of amides is 1. The van der Waals surface area contributed by atoms with Crippen LogP contribution < -0.4 is 10.1 Å². The summed E-state index contributed by atoms with van der Waals surface area (Å²) in [6, 6.07) is 12.6. The van der Waals surface area contributed by atoms with Crippen LogP contribution in [-0.4, -0.2) is 37.9 Å². The average Bonchev–Trinajstić information content (AvgIpc) is 3.46. The van der Waals surface area contributed by atoms with Gasteiger partial charge in [0.2, 0.25) is 11.7 Å². The zero-order valence-corrected chi connectivity index (χ0v) is 17.4. The molecule has 0 aliphatic rings. The van der Waals surface area contributed by atoms with E-state index < -0.39 is 11.9 Å². The van der Waals surface area contributed by atoms with Crippen molar-refractivity contribution < 1.29 is 14.1 Å². The normalized spacial score (nSPS) is 12.0. The monoisotopic (exact) mass is 418 g/mol.